The molecule has 190 valence electrons. The number of rotatable bonds is 7. The van der Waals surface area contributed by atoms with Gasteiger partial charge in [-0.1, -0.05) is 42.6 Å². The summed E-state index contributed by atoms with van der Waals surface area (Å²) in [6.45, 7) is 1.36. The van der Waals surface area contributed by atoms with Gasteiger partial charge < -0.3 is 14.4 Å². The number of hydrogen-bond acceptors (Lipinski definition) is 6. The first kappa shape index (κ1) is 26.6. The van der Waals surface area contributed by atoms with Gasteiger partial charge in [0, 0.05) is 23.7 Å². The molecule has 0 N–H and O–H groups in total. The molecule has 3 amide bonds. The van der Waals surface area contributed by atoms with E-state index in [1.165, 1.54) is 7.11 Å². The lowest BCUT2D eigenvalue weighted by molar-refractivity contribution is -0.135. The quantitative estimate of drug-likeness (QED) is 0.360. The zero-order valence-electron chi connectivity index (χ0n) is 19.8. The maximum absolute atomic E-state index is 13.0. The molecular weight excluding hydrogens is 568 g/mol. The number of ether oxygens (including phenoxy) is 2. The number of benzene rings is 2. The molecule has 2 heterocycles. The first-order valence-corrected chi connectivity index (χ1v) is 13.6. The standard InChI is InChI=1S/C26H26BrClN2O5S/c1-34-21-13-17(12-19(27)24(21)35-16-18-8-4-5-9-20(18)28)14-22-25(32)30(26(33)36-22)15-23(31)29-10-6-2-3-7-11-29/h4-5,8-9,12-14H,2-3,6-7,10-11,15-16H2,1H3. The fraction of sp³-hybridized carbons (Fsp3) is 0.346. The Kier molecular flexibility index (Phi) is 8.98. The minimum absolute atomic E-state index is 0.190. The van der Waals surface area contributed by atoms with Gasteiger partial charge in [0.25, 0.3) is 11.1 Å². The molecule has 2 aromatic rings. The summed E-state index contributed by atoms with van der Waals surface area (Å²) < 4.78 is 12.1. The number of nitrogens with zero attached hydrogens (tertiary/aromatic N) is 2. The lowest BCUT2D eigenvalue weighted by Crippen LogP contribution is -2.42. The van der Waals surface area contributed by atoms with Gasteiger partial charge in [0.2, 0.25) is 5.91 Å². The first-order chi connectivity index (χ1) is 17.4. The Morgan fingerprint density at radius 3 is 2.56 bits per heavy atom. The van der Waals surface area contributed by atoms with E-state index < -0.39 is 11.1 Å². The van der Waals surface area contributed by atoms with Crippen LogP contribution in [0.5, 0.6) is 11.5 Å². The van der Waals surface area contributed by atoms with Crippen molar-refractivity contribution in [3.8, 4) is 11.5 Å². The molecule has 10 heteroatoms. The molecule has 4 rings (SSSR count). The number of hydrogen-bond donors (Lipinski definition) is 0. The second-order valence-corrected chi connectivity index (χ2v) is 10.7. The Morgan fingerprint density at radius 2 is 1.86 bits per heavy atom. The van der Waals surface area contributed by atoms with Crippen LogP contribution in [0.25, 0.3) is 6.08 Å². The summed E-state index contributed by atoms with van der Waals surface area (Å²) in [6, 6.07) is 10.9. The van der Waals surface area contributed by atoms with E-state index in [0.717, 1.165) is 47.9 Å². The van der Waals surface area contributed by atoms with E-state index in [-0.39, 0.29) is 24.0 Å². The minimum atomic E-state index is -0.470. The van der Waals surface area contributed by atoms with Crippen LogP contribution in [0.2, 0.25) is 5.02 Å². The van der Waals surface area contributed by atoms with Gasteiger partial charge in [-0.15, -0.1) is 0 Å². The Labute approximate surface area is 227 Å². The number of likely N-dealkylation sites (tertiary alicyclic amines) is 1. The molecule has 2 aliphatic rings. The van der Waals surface area contributed by atoms with E-state index in [4.69, 9.17) is 21.1 Å². The number of amides is 3. The smallest absolute Gasteiger partial charge is 0.294 e. The molecule has 0 aliphatic carbocycles. The summed E-state index contributed by atoms with van der Waals surface area (Å²) >= 11 is 10.6. The summed E-state index contributed by atoms with van der Waals surface area (Å²) in [7, 11) is 1.52. The van der Waals surface area contributed by atoms with Gasteiger partial charge in [-0.2, -0.15) is 0 Å². The van der Waals surface area contributed by atoms with E-state index in [0.29, 0.717) is 39.6 Å². The summed E-state index contributed by atoms with van der Waals surface area (Å²) in [4.78, 5) is 41.3. The van der Waals surface area contributed by atoms with Crippen molar-refractivity contribution in [1.29, 1.82) is 0 Å². The number of carbonyl (C=O) groups excluding carboxylic acids is 3. The third kappa shape index (κ3) is 6.25. The fourth-order valence-corrected chi connectivity index (χ4v) is 5.67. The molecular formula is C26H26BrClN2O5S. The highest BCUT2D eigenvalue weighted by molar-refractivity contribution is 9.10. The molecule has 0 aromatic heterocycles. The van der Waals surface area contributed by atoms with Crippen LogP contribution >= 0.6 is 39.3 Å². The van der Waals surface area contributed by atoms with E-state index in [1.54, 1.807) is 29.2 Å². The third-order valence-corrected chi connectivity index (χ3v) is 7.87. The molecule has 2 fully saturated rings. The Balaban J connectivity index is 1.48. The Hall–Kier alpha value is -2.49. The van der Waals surface area contributed by atoms with Crippen molar-refractivity contribution < 1.29 is 23.9 Å². The zero-order valence-corrected chi connectivity index (χ0v) is 23.0. The van der Waals surface area contributed by atoms with Crippen molar-refractivity contribution in [3.63, 3.8) is 0 Å². The minimum Gasteiger partial charge on any atom is -0.493 e. The lowest BCUT2D eigenvalue weighted by Gasteiger charge is -2.22. The molecule has 2 aromatic carbocycles. The maximum Gasteiger partial charge on any atom is 0.294 e. The van der Waals surface area contributed by atoms with Crippen molar-refractivity contribution in [1.82, 2.24) is 9.80 Å². The second-order valence-electron chi connectivity index (χ2n) is 8.48. The normalized spacial score (nSPS) is 17.5. The molecule has 2 aliphatic heterocycles. The monoisotopic (exact) mass is 592 g/mol. The third-order valence-electron chi connectivity index (χ3n) is 6.01. The van der Waals surface area contributed by atoms with Crippen molar-refractivity contribution in [2.24, 2.45) is 0 Å². The average Bonchev–Trinajstić information content (AvgIpc) is 3.05. The van der Waals surface area contributed by atoms with Crippen LogP contribution in [0.1, 0.15) is 36.8 Å². The second kappa shape index (κ2) is 12.2. The van der Waals surface area contributed by atoms with Crippen LogP contribution in [0.15, 0.2) is 45.8 Å². The van der Waals surface area contributed by atoms with Gasteiger partial charge >= 0.3 is 0 Å². The van der Waals surface area contributed by atoms with Gasteiger partial charge in [-0.3, -0.25) is 19.3 Å². The maximum atomic E-state index is 13.0. The van der Waals surface area contributed by atoms with Crippen LogP contribution in [0, 0.1) is 0 Å². The molecule has 36 heavy (non-hydrogen) atoms. The van der Waals surface area contributed by atoms with Gasteiger partial charge in [-0.25, -0.2) is 0 Å². The SMILES string of the molecule is COc1cc(C=C2SC(=O)N(CC(=O)N3CCCCCC3)C2=O)cc(Br)c1OCc1ccccc1Cl. The predicted molar refractivity (Wildman–Crippen MR) is 144 cm³/mol. The Morgan fingerprint density at radius 1 is 1.14 bits per heavy atom. The van der Waals surface area contributed by atoms with E-state index in [9.17, 15) is 14.4 Å². The van der Waals surface area contributed by atoms with E-state index >= 15 is 0 Å². The molecule has 0 saturated carbocycles. The van der Waals surface area contributed by atoms with Gasteiger partial charge in [0.1, 0.15) is 13.2 Å². The number of thioether (sulfide) groups is 1. The number of carbonyl (C=O) groups is 3. The lowest BCUT2D eigenvalue weighted by atomic mass is 10.1. The topological polar surface area (TPSA) is 76.2 Å². The highest BCUT2D eigenvalue weighted by atomic mass is 79.9. The zero-order chi connectivity index (χ0) is 25.7. The van der Waals surface area contributed by atoms with Crippen LogP contribution in [0.3, 0.4) is 0 Å². The average molecular weight is 594 g/mol. The van der Waals surface area contributed by atoms with Crippen molar-refractivity contribution in [2.45, 2.75) is 32.3 Å². The van der Waals surface area contributed by atoms with Crippen molar-refractivity contribution >= 4 is 62.4 Å². The molecule has 2 saturated heterocycles. The molecule has 7 nitrogen and oxygen atoms in total. The van der Waals surface area contributed by atoms with Crippen LogP contribution < -0.4 is 9.47 Å². The molecule has 0 bridgehead atoms. The van der Waals surface area contributed by atoms with E-state index in [1.807, 2.05) is 18.2 Å². The van der Waals surface area contributed by atoms with E-state index in [2.05, 4.69) is 15.9 Å². The van der Waals surface area contributed by atoms with Crippen LogP contribution in [-0.4, -0.2) is 53.6 Å². The molecule has 0 unspecified atom stereocenters. The fourth-order valence-electron chi connectivity index (χ4n) is 4.07. The summed E-state index contributed by atoms with van der Waals surface area (Å²) in [6.07, 6.45) is 5.70. The summed E-state index contributed by atoms with van der Waals surface area (Å²) in [5.41, 5.74) is 1.48. The first-order valence-electron chi connectivity index (χ1n) is 11.6. The predicted octanol–water partition coefficient (Wildman–Crippen LogP) is 6.13. The molecule has 0 spiro atoms. The molecule has 0 radical (unpaired) electrons. The van der Waals surface area contributed by atoms with Crippen LogP contribution in [-0.2, 0) is 16.2 Å². The largest absolute Gasteiger partial charge is 0.493 e. The van der Waals surface area contributed by atoms with Crippen molar-refractivity contribution in [3.05, 3.63) is 61.9 Å². The highest BCUT2D eigenvalue weighted by Gasteiger charge is 2.37. The highest BCUT2D eigenvalue weighted by Crippen LogP contribution is 2.39. The number of imide groups is 1. The molecule has 0 atom stereocenters. The Bertz CT molecular complexity index is 1200. The van der Waals surface area contributed by atoms with Gasteiger partial charge in [0.15, 0.2) is 11.5 Å². The van der Waals surface area contributed by atoms with Gasteiger partial charge in [0.05, 0.1) is 16.5 Å². The summed E-state index contributed by atoms with van der Waals surface area (Å²) in [5, 5.41) is 0.161. The number of methoxy groups -OCH3 is 1. The summed E-state index contributed by atoms with van der Waals surface area (Å²) in [5.74, 6) is 0.288. The van der Waals surface area contributed by atoms with Crippen molar-refractivity contribution in [2.75, 3.05) is 26.7 Å². The number of halogens is 2. The van der Waals surface area contributed by atoms with Gasteiger partial charge in [-0.05, 0) is 70.4 Å². The van der Waals surface area contributed by atoms with Crippen LogP contribution in [0.4, 0.5) is 4.79 Å².